The van der Waals surface area contributed by atoms with Crippen molar-refractivity contribution in [3.63, 3.8) is 0 Å². The zero-order valence-electron chi connectivity index (χ0n) is 13.7. The number of benzene rings is 2. The highest BCUT2D eigenvalue weighted by molar-refractivity contribution is 7.90. The Morgan fingerprint density at radius 1 is 1.15 bits per heavy atom. The van der Waals surface area contributed by atoms with Crippen LogP contribution in [0.15, 0.2) is 53.6 Å². The van der Waals surface area contributed by atoms with Gasteiger partial charge in [-0.15, -0.1) is 0 Å². The normalized spacial score (nSPS) is 11.5. The Balaban J connectivity index is 1.91. The summed E-state index contributed by atoms with van der Waals surface area (Å²) >= 11 is 12.1. The summed E-state index contributed by atoms with van der Waals surface area (Å²) in [5, 5.41) is 1.21. The Labute approximate surface area is 161 Å². The zero-order chi connectivity index (χ0) is 18.9. The lowest BCUT2D eigenvalue weighted by Crippen LogP contribution is -2.32. The number of halogens is 2. The number of fused-ring (bicyclic) bond motifs is 1. The molecule has 134 valence electrons. The molecule has 0 aliphatic heterocycles. The van der Waals surface area contributed by atoms with E-state index in [1.54, 1.807) is 36.4 Å². The Hall–Kier alpha value is -2.15. The van der Waals surface area contributed by atoms with Gasteiger partial charge in [0.15, 0.2) is 0 Å². The summed E-state index contributed by atoms with van der Waals surface area (Å²) in [5.74, 6) is -0.695. The van der Waals surface area contributed by atoms with Gasteiger partial charge < -0.3 is 0 Å². The summed E-state index contributed by atoms with van der Waals surface area (Å²) < 4.78 is 27.4. The van der Waals surface area contributed by atoms with Crippen LogP contribution >= 0.6 is 23.2 Å². The predicted molar refractivity (Wildman–Crippen MR) is 102 cm³/mol. The van der Waals surface area contributed by atoms with Crippen molar-refractivity contribution in [2.45, 2.75) is 18.2 Å². The quantitative estimate of drug-likeness (QED) is 0.709. The van der Waals surface area contributed by atoms with Crippen LogP contribution in [0.5, 0.6) is 0 Å². The van der Waals surface area contributed by atoms with Gasteiger partial charge >= 0.3 is 0 Å². The van der Waals surface area contributed by atoms with Crippen LogP contribution in [0, 0.1) is 6.92 Å². The van der Waals surface area contributed by atoms with Gasteiger partial charge in [-0.3, -0.25) is 9.78 Å². The Kier molecular flexibility index (Phi) is 5.18. The molecule has 0 saturated carbocycles. The van der Waals surface area contributed by atoms with Crippen LogP contribution in [-0.4, -0.2) is 19.3 Å². The monoisotopic (exact) mass is 408 g/mol. The first kappa shape index (κ1) is 18.6. The van der Waals surface area contributed by atoms with E-state index in [1.165, 1.54) is 12.3 Å². The third-order valence-corrected chi connectivity index (χ3v) is 5.69. The van der Waals surface area contributed by atoms with Gasteiger partial charge in [0.2, 0.25) is 5.91 Å². The molecule has 1 aromatic heterocycles. The lowest BCUT2D eigenvalue weighted by molar-refractivity contribution is -0.118. The number of hydrogen-bond acceptors (Lipinski definition) is 4. The van der Waals surface area contributed by atoms with E-state index >= 15 is 0 Å². The fourth-order valence-corrected chi connectivity index (χ4v) is 4.32. The summed E-state index contributed by atoms with van der Waals surface area (Å²) in [5.41, 5.74) is 1.73. The minimum atomic E-state index is -4.14. The zero-order valence-corrected chi connectivity index (χ0v) is 16.0. The molecular weight excluding hydrogens is 395 g/mol. The number of aryl methyl sites for hydroxylation is 1. The second kappa shape index (κ2) is 7.23. The molecule has 0 fully saturated rings. The van der Waals surface area contributed by atoms with E-state index in [0.29, 0.717) is 16.0 Å². The SMILES string of the molecule is Cc1ccc(CC(=O)NS(=O)(=O)c2cc(Cl)cc3cccnc23)c(Cl)c1. The van der Waals surface area contributed by atoms with Crippen LogP contribution in [-0.2, 0) is 21.2 Å². The molecule has 3 aromatic rings. The second-order valence-corrected chi connectivity index (χ2v) is 8.27. The van der Waals surface area contributed by atoms with E-state index in [1.807, 2.05) is 6.92 Å². The first-order valence-corrected chi connectivity index (χ1v) is 9.85. The fraction of sp³-hybridized carbons (Fsp3) is 0.111. The van der Waals surface area contributed by atoms with E-state index in [-0.39, 0.29) is 21.9 Å². The molecule has 0 radical (unpaired) electrons. The minimum Gasteiger partial charge on any atom is -0.274 e. The maximum atomic E-state index is 12.7. The number of sulfonamides is 1. The molecule has 0 aliphatic rings. The van der Waals surface area contributed by atoms with Crippen LogP contribution in [0.2, 0.25) is 10.0 Å². The average Bonchev–Trinajstić information content (AvgIpc) is 2.56. The standard InChI is InChI=1S/C18H14Cl2N2O3S/c1-11-4-5-12(15(20)7-11)9-17(23)22-26(24,25)16-10-14(19)8-13-3-2-6-21-18(13)16/h2-8,10H,9H2,1H3,(H,22,23). The molecule has 1 heterocycles. The summed E-state index contributed by atoms with van der Waals surface area (Å²) in [7, 11) is -4.14. The van der Waals surface area contributed by atoms with Gasteiger partial charge in [0.05, 0.1) is 11.9 Å². The topological polar surface area (TPSA) is 76.1 Å². The lowest BCUT2D eigenvalue weighted by Gasteiger charge is -2.10. The number of carbonyl (C=O) groups is 1. The number of rotatable bonds is 4. The Bertz CT molecular complexity index is 1110. The maximum absolute atomic E-state index is 12.7. The third-order valence-electron chi connectivity index (χ3n) is 3.73. The molecule has 3 rings (SSSR count). The molecular formula is C18H14Cl2N2O3S. The van der Waals surface area contributed by atoms with Gasteiger partial charge in [-0.1, -0.05) is 41.4 Å². The van der Waals surface area contributed by atoms with E-state index in [4.69, 9.17) is 23.2 Å². The van der Waals surface area contributed by atoms with E-state index in [9.17, 15) is 13.2 Å². The molecule has 0 spiro atoms. The van der Waals surface area contributed by atoms with Crippen molar-refractivity contribution < 1.29 is 13.2 Å². The number of hydrogen-bond donors (Lipinski definition) is 1. The average molecular weight is 409 g/mol. The molecule has 0 unspecified atom stereocenters. The number of nitrogens with zero attached hydrogens (tertiary/aromatic N) is 1. The number of carbonyl (C=O) groups excluding carboxylic acids is 1. The van der Waals surface area contributed by atoms with E-state index in [2.05, 4.69) is 9.71 Å². The highest BCUT2D eigenvalue weighted by atomic mass is 35.5. The van der Waals surface area contributed by atoms with Crippen LogP contribution in [0.25, 0.3) is 10.9 Å². The molecule has 0 aliphatic carbocycles. The second-order valence-electron chi connectivity index (χ2n) is 5.78. The van der Waals surface area contributed by atoms with Crippen molar-refractivity contribution in [3.8, 4) is 0 Å². The van der Waals surface area contributed by atoms with Crippen molar-refractivity contribution in [3.05, 3.63) is 69.8 Å². The van der Waals surface area contributed by atoms with Gasteiger partial charge in [0, 0.05) is 21.6 Å². The van der Waals surface area contributed by atoms with Crippen molar-refractivity contribution in [2.75, 3.05) is 0 Å². The lowest BCUT2D eigenvalue weighted by atomic mass is 10.1. The molecule has 2 aromatic carbocycles. The summed E-state index contributed by atoms with van der Waals surface area (Å²) in [4.78, 5) is 16.2. The van der Waals surface area contributed by atoms with Gasteiger partial charge in [-0.2, -0.15) is 0 Å². The Morgan fingerprint density at radius 2 is 1.92 bits per heavy atom. The number of nitrogens with one attached hydrogen (secondary N) is 1. The van der Waals surface area contributed by atoms with Crippen LogP contribution < -0.4 is 4.72 Å². The summed E-state index contributed by atoms with van der Waals surface area (Å²) in [6.45, 7) is 1.87. The molecule has 26 heavy (non-hydrogen) atoms. The van der Waals surface area contributed by atoms with Crippen molar-refractivity contribution >= 4 is 50.0 Å². The van der Waals surface area contributed by atoms with Gasteiger partial charge in [0.25, 0.3) is 10.0 Å². The molecule has 8 heteroatoms. The van der Waals surface area contributed by atoms with E-state index in [0.717, 1.165) is 5.56 Å². The van der Waals surface area contributed by atoms with Crippen molar-refractivity contribution in [1.29, 1.82) is 0 Å². The van der Waals surface area contributed by atoms with Gasteiger partial charge in [-0.25, -0.2) is 13.1 Å². The van der Waals surface area contributed by atoms with Crippen LogP contribution in [0.1, 0.15) is 11.1 Å². The smallest absolute Gasteiger partial charge is 0.266 e. The minimum absolute atomic E-state index is 0.149. The van der Waals surface area contributed by atoms with Crippen LogP contribution in [0.4, 0.5) is 0 Å². The molecule has 0 bridgehead atoms. The third kappa shape index (κ3) is 3.98. The Morgan fingerprint density at radius 3 is 2.65 bits per heavy atom. The summed E-state index contributed by atoms with van der Waals surface area (Å²) in [6.07, 6.45) is 1.31. The van der Waals surface area contributed by atoms with E-state index < -0.39 is 15.9 Å². The first-order chi connectivity index (χ1) is 12.3. The van der Waals surface area contributed by atoms with Crippen molar-refractivity contribution in [2.24, 2.45) is 0 Å². The molecule has 1 amide bonds. The molecule has 1 N–H and O–H groups in total. The molecule has 0 atom stereocenters. The molecule has 0 saturated heterocycles. The van der Waals surface area contributed by atoms with Crippen molar-refractivity contribution in [1.82, 2.24) is 9.71 Å². The summed E-state index contributed by atoms with van der Waals surface area (Å²) in [6, 6.07) is 11.5. The predicted octanol–water partition coefficient (Wildman–Crippen LogP) is 3.90. The van der Waals surface area contributed by atoms with Gasteiger partial charge in [0.1, 0.15) is 4.90 Å². The number of aromatic nitrogens is 1. The fourth-order valence-electron chi connectivity index (χ4n) is 2.54. The first-order valence-electron chi connectivity index (χ1n) is 7.61. The molecule has 5 nitrogen and oxygen atoms in total. The van der Waals surface area contributed by atoms with Gasteiger partial charge in [-0.05, 0) is 42.3 Å². The number of amides is 1. The number of pyridine rings is 1. The maximum Gasteiger partial charge on any atom is 0.266 e. The van der Waals surface area contributed by atoms with Crippen LogP contribution in [0.3, 0.4) is 0 Å². The largest absolute Gasteiger partial charge is 0.274 e. The highest BCUT2D eigenvalue weighted by Gasteiger charge is 2.22. The highest BCUT2D eigenvalue weighted by Crippen LogP contribution is 2.26.